The molecule has 4 fully saturated rings. The van der Waals surface area contributed by atoms with Gasteiger partial charge in [-0.2, -0.15) is 0 Å². The SMILES string of the molecule is CC1CN(C(=O)NC2(C)CCN3CCC2CC3)CC(C)N1c1nccc(-c2ccccc2)n1. The number of aromatic nitrogens is 2. The number of nitrogens with one attached hydrogen (secondary N) is 1. The average Bonchev–Trinajstić information content (AvgIpc) is 3.07. The Morgan fingerprint density at radius 3 is 2.42 bits per heavy atom. The first-order valence-electron chi connectivity index (χ1n) is 12.4. The molecule has 4 aliphatic heterocycles. The maximum Gasteiger partial charge on any atom is 0.317 e. The van der Waals surface area contributed by atoms with Gasteiger partial charge in [0.15, 0.2) is 0 Å². The largest absolute Gasteiger partial charge is 0.333 e. The summed E-state index contributed by atoms with van der Waals surface area (Å²) in [5.74, 6) is 1.31. The molecule has 33 heavy (non-hydrogen) atoms. The van der Waals surface area contributed by atoms with Crippen LogP contribution in [0.2, 0.25) is 0 Å². The molecule has 0 spiro atoms. The number of fused-ring (bicyclic) bond motifs is 4. The smallest absolute Gasteiger partial charge is 0.317 e. The second-order valence-electron chi connectivity index (χ2n) is 10.3. The fourth-order valence-corrected chi connectivity index (χ4v) is 6.00. The summed E-state index contributed by atoms with van der Waals surface area (Å²) in [7, 11) is 0. The molecule has 7 nitrogen and oxygen atoms in total. The van der Waals surface area contributed by atoms with Crippen molar-refractivity contribution in [1.29, 1.82) is 0 Å². The van der Waals surface area contributed by atoms with Gasteiger partial charge in [-0.05, 0) is 65.1 Å². The third-order valence-corrected chi connectivity index (χ3v) is 7.98. The van der Waals surface area contributed by atoms with Crippen molar-refractivity contribution < 1.29 is 4.79 Å². The summed E-state index contributed by atoms with van der Waals surface area (Å²) in [5, 5.41) is 3.47. The van der Waals surface area contributed by atoms with Crippen molar-refractivity contribution in [2.45, 2.75) is 57.7 Å². The molecule has 2 bridgehead atoms. The molecule has 1 N–H and O–H groups in total. The van der Waals surface area contributed by atoms with Crippen molar-refractivity contribution in [3.8, 4) is 11.3 Å². The monoisotopic (exact) mass is 448 g/mol. The number of carbonyl (C=O) groups is 1. The van der Waals surface area contributed by atoms with E-state index >= 15 is 0 Å². The van der Waals surface area contributed by atoms with Gasteiger partial charge in [0, 0.05) is 49.0 Å². The summed E-state index contributed by atoms with van der Waals surface area (Å²) in [6.07, 6.45) is 5.24. The molecule has 0 aliphatic carbocycles. The Morgan fingerprint density at radius 2 is 1.73 bits per heavy atom. The first-order valence-corrected chi connectivity index (χ1v) is 12.4. The quantitative estimate of drug-likeness (QED) is 0.777. The summed E-state index contributed by atoms with van der Waals surface area (Å²) < 4.78 is 0. The maximum atomic E-state index is 13.4. The number of piperazine rings is 1. The lowest BCUT2D eigenvalue weighted by Crippen LogP contribution is -2.63. The number of nitrogens with zero attached hydrogens (tertiary/aromatic N) is 5. The van der Waals surface area contributed by atoms with Crippen molar-refractivity contribution in [1.82, 2.24) is 25.1 Å². The number of benzene rings is 1. The Hall–Kier alpha value is -2.67. The van der Waals surface area contributed by atoms with Crippen LogP contribution in [0.5, 0.6) is 0 Å². The number of carbonyl (C=O) groups excluding carboxylic acids is 1. The molecule has 3 unspecified atom stereocenters. The maximum absolute atomic E-state index is 13.4. The number of amides is 2. The minimum atomic E-state index is -0.112. The van der Waals surface area contributed by atoms with Crippen LogP contribution in [0.1, 0.15) is 40.0 Å². The third kappa shape index (κ3) is 4.43. The Bertz CT molecular complexity index is 964. The van der Waals surface area contributed by atoms with E-state index in [0.717, 1.165) is 30.2 Å². The average molecular weight is 449 g/mol. The van der Waals surface area contributed by atoms with Gasteiger partial charge in [0.2, 0.25) is 5.95 Å². The second kappa shape index (κ2) is 8.93. The first kappa shape index (κ1) is 22.1. The van der Waals surface area contributed by atoms with Crippen LogP contribution in [0.3, 0.4) is 0 Å². The van der Waals surface area contributed by atoms with Crippen LogP contribution in [-0.4, -0.2) is 76.1 Å². The Labute approximate surface area is 197 Å². The van der Waals surface area contributed by atoms with Crippen molar-refractivity contribution in [2.75, 3.05) is 37.6 Å². The zero-order valence-corrected chi connectivity index (χ0v) is 20.1. The number of hydrogen-bond acceptors (Lipinski definition) is 5. The molecule has 1 aromatic heterocycles. The normalized spacial score (nSPS) is 31.8. The van der Waals surface area contributed by atoms with Gasteiger partial charge >= 0.3 is 6.03 Å². The molecule has 6 rings (SSSR count). The van der Waals surface area contributed by atoms with Gasteiger partial charge in [-0.25, -0.2) is 14.8 Å². The van der Waals surface area contributed by atoms with Gasteiger partial charge in [-0.3, -0.25) is 0 Å². The number of urea groups is 1. The van der Waals surface area contributed by atoms with Crippen LogP contribution >= 0.6 is 0 Å². The highest BCUT2D eigenvalue weighted by atomic mass is 16.2. The number of rotatable bonds is 3. The molecule has 2 aromatic rings. The number of piperidine rings is 1. The number of anilines is 1. The molecule has 5 heterocycles. The van der Waals surface area contributed by atoms with Crippen molar-refractivity contribution >= 4 is 12.0 Å². The van der Waals surface area contributed by atoms with E-state index in [1.54, 1.807) is 0 Å². The van der Waals surface area contributed by atoms with Gasteiger partial charge in [0.25, 0.3) is 0 Å². The van der Waals surface area contributed by atoms with Gasteiger partial charge in [0.05, 0.1) is 5.69 Å². The molecule has 1 aromatic carbocycles. The highest BCUT2D eigenvalue weighted by Crippen LogP contribution is 2.35. The van der Waals surface area contributed by atoms with Crippen LogP contribution < -0.4 is 10.2 Å². The summed E-state index contributed by atoms with van der Waals surface area (Å²) in [5.41, 5.74) is 1.90. The lowest BCUT2D eigenvalue weighted by atomic mass is 9.79. The highest BCUT2D eigenvalue weighted by molar-refractivity contribution is 5.75. The fraction of sp³-hybridized carbons (Fsp3) is 0.577. The van der Waals surface area contributed by atoms with Crippen LogP contribution in [0, 0.1) is 5.92 Å². The van der Waals surface area contributed by atoms with E-state index in [2.05, 4.69) is 53.0 Å². The third-order valence-electron chi connectivity index (χ3n) is 7.98. The Balaban J connectivity index is 1.28. The van der Waals surface area contributed by atoms with E-state index in [9.17, 15) is 4.79 Å². The second-order valence-corrected chi connectivity index (χ2v) is 10.3. The van der Waals surface area contributed by atoms with Crippen LogP contribution in [0.25, 0.3) is 11.3 Å². The first-order chi connectivity index (χ1) is 15.9. The van der Waals surface area contributed by atoms with Crippen molar-refractivity contribution in [2.24, 2.45) is 5.92 Å². The lowest BCUT2D eigenvalue weighted by Gasteiger charge is -2.46. The Kier molecular flexibility index (Phi) is 5.99. The standard InChI is InChI=1S/C26H36N6O/c1-19-17-31(25(33)29-26(3)12-16-30-14-10-22(26)11-15-30)18-20(2)32(19)24-27-13-9-23(28-24)21-7-5-4-6-8-21/h4-9,13,19-20,22H,10-12,14-18H2,1-3H3,(H,29,33). The Morgan fingerprint density at radius 1 is 1.03 bits per heavy atom. The van der Waals surface area contributed by atoms with E-state index < -0.39 is 0 Å². The summed E-state index contributed by atoms with van der Waals surface area (Å²) in [6, 6.07) is 12.5. The summed E-state index contributed by atoms with van der Waals surface area (Å²) >= 11 is 0. The minimum absolute atomic E-state index is 0.0788. The topological polar surface area (TPSA) is 64.6 Å². The van der Waals surface area contributed by atoms with Crippen molar-refractivity contribution in [3.05, 3.63) is 42.6 Å². The predicted molar refractivity (Wildman–Crippen MR) is 131 cm³/mol. The molecule has 0 saturated carbocycles. The molecule has 176 valence electrons. The summed E-state index contributed by atoms with van der Waals surface area (Å²) in [6.45, 7) is 11.4. The zero-order valence-electron chi connectivity index (χ0n) is 20.1. The van der Waals surface area contributed by atoms with Crippen LogP contribution in [0.4, 0.5) is 10.7 Å². The van der Waals surface area contributed by atoms with Crippen LogP contribution in [-0.2, 0) is 0 Å². The minimum Gasteiger partial charge on any atom is -0.333 e. The summed E-state index contributed by atoms with van der Waals surface area (Å²) in [4.78, 5) is 29.6. The van der Waals surface area contributed by atoms with E-state index in [1.807, 2.05) is 35.4 Å². The van der Waals surface area contributed by atoms with Gasteiger partial charge < -0.3 is 20.0 Å². The molecule has 4 aliphatic rings. The molecular weight excluding hydrogens is 412 g/mol. The van der Waals surface area contributed by atoms with E-state index in [1.165, 1.54) is 25.9 Å². The van der Waals surface area contributed by atoms with E-state index in [0.29, 0.717) is 19.0 Å². The molecule has 3 atom stereocenters. The van der Waals surface area contributed by atoms with E-state index in [-0.39, 0.29) is 23.7 Å². The molecule has 4 saturated heterocycles. The van der Waals surface area contributed by atoms with E-state index in [4.69, 9.17) is 4.98 Å². The highest BCUT2D eigenvalue weighted by Gasteiger charge is 2.42. The van der Waals surface area contributed by atoms with Gasteiger partial charge in [-0.1, -0.05) is 30.3 Å². The number of hydrogen-bond donors (Lipinski definition) is 1. The molecular formula is C26H36N6O. The van der Waals surface area contributed by atoms with Gasteiger partial charge in [-0.15, -0.1) is 0 Å². The molecule has 0 radical (unpaired) electrons. The van der Waals surface area contributed by atoms with Gasteiger partial charge in [0.1, 0.15) is 0 Å². The predicted octanol–water partition coefficient (Wildman–Crippen LogP) is 3.63. The van der Waals surface area contributed by atoms with Crippen LogP contribution in [0.15, 0.2) is 42.6 Å². The molecule has 7 heteroatoms. The van der Waals surface area contributed by atoms with Crippen molar-refractivity contribution in [3.63, 3.8) is 0 Å². The molecule has 2 amide bonds. The zero-order chi connectivity index (χ0) is 23.0. The lowest BCUT2D eigenvalue weighted by molar-refractivity contribution is 0.143. The fourth-order valence-electron chi connectivity index (χ4n) is 6.00.